The van der Waals surface area contributed by atoms with E-state index in [1.165, 1.54) is 6.07 Å². The molecule has 2 N–H and O–H groups in total. The fourth-order valence-electron chi connectivity index (χ4n) is 2.94. The van der Waals surface area contributed by atoms with E-state index in [1.54, 1.807) is 72.8 Å². The molecule has 0 unspecified atom stereocenters. The third kappa shape index (κ3) is 5.16. The molecule has 0 aliphatic heterocycles. The van der Waals surface area contributed by atoms with Gasteiger partial charge in [-0.2, -0.15) is 0 Å². The van der Waals surface area contributed by atoms with E-state index in [2.05, 4.69) is 10.6 Å². The Morgan fingerprint density at radius 3 is 2.35 bits per heavy atom. The zero-order valence-corrected chi connectivity index (χ0v) is 16.3. The topological polar surface area (TPSA) is 97.6 Å². The van der Waals surface area contributed by atoms with Crippen LogP contribution in [0.5, 0.6) is 5.75 Å². The summed E-state index contributed by atoms with van der Waals surface area (Å²) in [4.78, 5) is 35.9. The first-order valence-electron chi connectivity index (χ1n) is 9.50. The Hall–Kier alpha value is -4.39. The lowest BCUT2D eigenvalue weighted by Crippen LogP contribution is -2.20. The van der Waals surface area contributed by atoms with Crippen molar-refractivity contribution in [3.8, 4) is 5.75 Å². The Kier molecular flexibility index (Phi) is 5.75. The molecule has 0 radical (unpaired) electrons. The van der Waals surface area contributed by atoms with Crippen molar-refractivity contribution in [3.63, 3.8) is 0 Å². The zero-order chi connectivity index (χ0) is 21.6. The highest BCUT2D eigenvalue weighted by Crippen LogP contribution is 2.20. The van der Waals surface area contributed by atoms with E-state index in [0.29, 0.717) is 28.3 Å². The highest BCUT2D eigenvalue weighted by atomic mass is 16.5. The van der Waals surface area contributed by atoms with Crippen molar-refractivity contribution in [3.05, 3.63) is 101 Å². The van der Waals surface area contributed by atoms with Gasteiger partial charge in [0.05, 0.1) is 0 Å². The average Bonchev–Trinajstić information content (AvgIpc) is 2.78. The summed E-state index contributed by atoms with van der Waals surface area (Å²) in [6.45, 7) is -0.233. The summed E-state index contributed by atoms with van der Waals surface area (Å²) in [6, 6.07) is 23.7. The molecule has 4 rings (SSSR count). The van der Waals surface area contributed by atoms with Crippen LogP contribution in [0.2, 0.25) is 0 Å². The second-order valence-corrected chi connectivity index (χ2v) is 6.69. The second kappa shape index (κ2) is 8.96. The van der Waals surface area contributed by atoms with Crippen LogP contribution >= 0.6 is 0 Å². The van der Waals surface area contributed by atoms with Crippen molar-refractivity contribution >= 4 is 34.2 Å². The minimum absolute atomic E-state index is 0.233. The molecule has 1 aromatic heterocycles. The number of fused-ring (bicyclic) bond motifs is 1. The first-order valence-corrected chi connectivity index (χ1v) is 9.50. The molecule has 0 atom stereocenters. The SMILES string of the molecule is O=C(COc1ccc2ccc(=O)oc2c1)Nc1cccc(NC(=O)c2ccccc2)c1. The molecule has 4 aromatic rings. The standard InChI is InChI=1S/C24H18N2O5/c27-22(15-30-20-11-9-16-10-12-23(28)31-21(16)14-20)25-18-7-4-8-19(13-18)26-24(29)17-5-2-1-3-6-17/h1-14H,15H2,(H,25,27)(H,26,29). The molecule has 31 heavy (non-hydrogen) atoms. The number of amides is 2. The van der Waals surface area contributed by atoms with Gasteiger partial charge >= 0.3 is 5.63 Å². The highest BCUT2D eigenvalue weighted by Gasteiger charge is 2.08. The van der Waals surface area contributed by atoms with Crippen molar-refractivity contribution in [2.24, 2.45) is 0 Å². The predicted octanol–water partition coefficient (Wildman–Crippen LogP) is 4.06. The van der Waals surface area contributed by atoms with Gasteiger partial charge in [0.25, 0.3) is 11.8 Å². The van der Waals surface area contributed by atoms with E-state index in [1.807, 2.05) is 6.07 Å². The maximum atomic E-state index is 12.3. The Balaban J connectivity index is 1.36. The molecule has 0 saturated carbocycles. The highest BCUT2D eigenvalue weighted by molar-refractivity contribution is 6.04. The molecule has 2 amide bonds. The average molecular weight is 414 g/mol. The molecule has 7 heteroatoms. The first-order chi connectivity index (χ1) is 15.1. The number of ether oxygens (including phenoxy) is 1. The van der Waals surface area contributed by atoms with Gasteiger partial charge in [-0.05, 0) is 48.5 Å². The van der Waals surface area contributed by atoms with Crippen LogP contribution in [0, 0.1) is 0 Å². The molecule has 3 aromatic carbocycles. The van der Waals surface area contributed by atoms with Crippen molar-refractivity contribution in [1.82, 2.24) is 0 Å². The zero-order valence-electron chi connectivity index (χ0n) is 16.3. The van der Waals surface area contributed by atoms with Crippen LogP contribution in [0.3, 0.4) is 0 Å². The number of nitrogens with one attached hydrogen (secondary N) is 2. The first kappa shape index (κ1) is 19.9. The minimum Gasteiger partial charge on any atom is -0.484 e. The summed E-state index contributed by atoms with van der Waals surface area (Å²) in [5.74, 6) is -0.211. The van der Waals surface area contributed by atoms with Gasteiger partial charge in [-0.25, -0.2) is 4.79 Å². The van der Waals surface area contributed by atoms with Crippen molar-refractivity contribution in [2.75, 3.05) is 17.2 Å². The summed E-state index contributed by atoms with van der Waals surface area (Å²) in [5.41, 5.74) is 1.53. The fraction of sp³-hybridized carbons (Fsp3) is 0.0417. The van der Waals surface area contributed by atoms with Gasteiger partial charge in [0, 0.05) is 34.5 Å². The maximum absolute atomic E-state index is 12.3. The van der Waals surface area contributed by atoms with Crippen molar-refractivity contribution < 1.29 is 18.7 Å². The van der Waals surface area contributed by atoms with Gasteiger partial charge in [0.2, 0.25) is 0 Å². The molecule has 0 fully saturated rings. The van der Waals surface area contributed by atoms with Crippen LogP contribution in [0.1, 0.15) is 10.4 Å². The number of rotatable bonds is 6. The van der Waals surface area contributed by atoms with Gasteiger partial charge in [-0.15, -0.1) is 0 Å². The largest absolute Gasteiger partial charge is 0.484 e. The normalized spacial score (nSPS) is 10.5. The number of carbonyl (C=O) groups excluding carboxylic acids is 2. The lowest BCUT2D eigenvalue weighted by atomic mass is 10.2. The molecule has 0 spiro atoms. The van der Waals surface area contributed by atoms with Crippen LogP contribution in [0.25, 0.3) is 11.0 Å². The molecule has 1 heterocycles. The summed E-state index contributed by atoms with van der Waals surface area (Å²) in [7, 11) is 0. The molecular formula is C24H18N2O5. The van der Waals surface area contributed by atoms with Gasteiger partial charge in [-0.1, -0.05) is 24.3 Å². The van der Waals surface area contributed by atoms with E-state index >= 15 is 0 Å². The predicted molar refractivity (Wildman–Crippen MR) is 117 cm³/mol. The van der Waals surface area contributed by atoms with Crippen LogP contribution in [-0.4, -0.2) is 18.4 Å². The second-order valence-electron chi connectivity index (χ2n) is 6.69. The number of carbonyl (C=O) groups is 2. The lowest BCUT2D eigenvalue weighted by molar-refractivity contribution is -0.118. The molecule has 7 nitrogen and oxygen atoms in total. The monoisotopic (exact) mass is 414 g/mol. The molecule has 0 aliphatic carbocycles. The molecule has 0 bridgehead atoms. The maximum Gasteiger partial charge on any atom is 0.336 e. The lowest BCUT2D eigenvalue weighted by Gasteiger charge is -2.10. The summed E-state index contributed by atoms with van der Waals surface area (Å²) < 4.78 is 10.6. The van der Waals surface area contributed by atoms with E-state index < -0.39 is 5.63 Å². The third-order valence-electron chi connectivity index (χ3n) is 4.40. The number of benzene rings is 3. The quantitative estimate of drug-likeness (QED) is 0.464. The minimum atomic E-state index is -0.457. The molecule has 0 saturated heterocycles. The van der Waals surface area contributed by atoms with E-state index in [-0.39, 0.29) is 18.4 Å². The summed E-state index contributed by atoms with van der Waals surface area (Å²) >= 11 is 0. The van der Waals surface area contributed by atoms with Gasteiger partial charge in [0.15, 0.2) is 6.61 Å². The van der Waals surface area contributed by atoms with Crippen LogP contribution in [0.4, 0.5) is 11.4 Å². The van der Waals surface area contributed by atoms with Gasteiger partial charge < -0.3 is 19.8 Å². The van der Waals surface area contributed by atoms with Gasteiger partial charge in [-0.3, -0.25) is 9.59 Å². The Morgan fingerprint density at radius 1 is 0.806 bits per heavy atom. The molecule has 0 aliphatic rings. The van der Waals surface area contributed by atoms with E-state index in [4.69, 9.17) is 9.15 Å². The van der Waals surface area contributed by atoms with Crippen molar-refractivity contribution in [2.45, 2.75) is 0 Å². The Labute approximate surface area is 177 Å². The van der Waals surface area contributed by atoms with Crippen LogP contribution in [-0.2, 0) is 4.79 Å². The summed E-state index contributed by atoms with van der Waals surface area (Å²) in [5, 5.41) is 6.27. The summed E-state index contributed by atoms with van der Waals surface area (Å²) in [6.07, 6.45) is 0. The van der Waals surface area contributed by atoms with E-state index in [9.17, 15) is 14.4 Å². The fourth-order valence-corrected chi connectivity index (χ4v) is 2.94. The number of hydrogen-bond donors (Lipinski definition) is 2. The Morgan fingerprint density at radius 2 is 1.55 bits per heavy atom. The third-order valence-corrected chi connectivity index (χ3v) is 4.40. The van der Waals surface area contributed by atoms with Crippen molar-refractivity contribution in [1.29, 1.82) is 0 Å². The smallest absolute Gasteiger partial charge is 0.336 e. The number of anilines is 2. The number of hydrogen-bond acceptors (Lipinski definition) is 5. The van der Waals surface area contributed by atoms with Crippen LogP contribution < -0.4 is 21.0 Å². The molecular weight excluding hydrogens is 396 g/mol. The van der Waals surface area contributed by atoms with Gasteiger partial charge in [0.1, 0.15) is 11.3 Å². The Bertz CT molecular complexity index is 1300. The van der Waals surface area contributed by atoms with Crippen LogP contribution in [0.15, 0.2) is 94.1 Å². The molecule has 154 valence electrons. The van der Waals surface area contributed by atoms with E-state index in [0.717, 1.165) is 5.39 Å².